The molecule has 1 aliphatic rings. The molecule has 1 fully saturated rings. The van der Waals surface area contributed by atoms with Gasteiger partial charge in [-0.3, -0.25) is 0 Å². The lowest BCUT2D eigenvalue weighted by Crippen LogP contribution is -2.17. The van der Waals surface area contributed by atoms with E-state index < -0.39 is 6.36 Å². The normalized spacial score (nSPS) is 24.0. The lowest BCUT2D eigenvalue weighted by molar-refractivity contribution is -0.274. The minimum Gasteiger partial charge on any atom is -0.406 e. The minimum absolute atomic E-state index is 0.187. The second-order valence-electron chi connectivity index (χ2n) is 4.83. The van der Waals surface area contributed by atoms with Crippen molar-refractivity contribution in [2.45, 2.75) is 38.6 Å². The molecule has 100 valence electrons. The minimum atomic E-state index is -4.63. The molecule has 1 saturated carbocycles. The van der Waals surface area contributed by atoms with Crippen molar-refractivity contribution in [2.75, 3.05) is 5.32 Å². The Bertz CT molecular complexity index is 388. The Morgan fingerprint density at radius 2 is 1.83 bits per heavy atom. The van der Waals surface area contributed by atoms with E-state index >= 15 is 0 Å². The van der Waals surface area contributed by atoms with E-state index in [1.807, 2.05) is 0 Å². The molecule has 0 radical (unpaired) electrons. The van der Waals surface area contributed by atoms with E-state index in [-0.39, 0.29) is 5.75 Å². The Morgan fingerprint density at radius 3 is 2.33 bits per heavy atom. The second kappa shape index (κ2) is 5.08. The molecule has 18 heavy (non-hydrogen) atoms. The fourth-order valence-electron chi connectivity index (χ4n) is 2.33. The SMILES string of the molecule is CC1CCC(Nc2ccc(OC(F)(F)F)cc2)C1. The Hall–Kier alpha value is -1.39. The molecule has 1 N–H and O–H groups in total. The molecule has 2 rings (SSSR count). The molecule has 0 bridgehead atoms. The van der Waals surface area contributed by atoms with E-state index in [0.29, 0.717) is 6.04 Å². The summed E-state index contributed by atoms with van der Waals surface area (Å²) in [6.07, 6.45) is -1.20. The number of nitrogens with one attached hydrogen (secondary N) is 1. The lowest BCUT2D eigenvalue weighted by atomic mass is 10.1. The molecular weight excluding hydrogens is 243 g/mol. The van der Waals surface area contributed by atoms with Crippen LogP contribution in [0.15, 0.2) is 24.3 Å². The molecule has 2 nitrogen and oxygen atoms in total. The third-order valence-corrected chi connectivity index (χ3v) is 3.15. The van der Waals surface area contributed by atoms with Crippen LogP contribution < -0.4 is 10.1 Å². The molecule has 0 amide bonds. The summed E-state index contributed by atoms with van der Waals surface area (Å²) in [5, 5.41) is 3.32. The summed E-state index contributed by atoms with van der Waals surface area (Å²) in [5.41, 5.74) is 0.837. The summed E-state index contributed by atoms with van der Waals surface area (Å²) < 4.78 is 39.7. The van der Waals surface area contributed by atoms with Gasteiger partial charge in [0.1, 0.15) is 5.75 Å². The summed E-state index contributed by atoms with van der Waals surface area (Å²) in [5.74, 6) is 0.531. The predicted molar refractivity (Wildman–Crippen MR) is 63.6 cm³/mol. The standard InChI is InChI=1S/C13H16F3NO/c1-9-2-3-11(8-9)17-10-4-6-12(7-5-10)18-13(14,15)16/h4-7,9,11,17H,2-3,8H2,1H3. The van der Waals surface area contributed by atoms with Gasteiger partial charge < -0.3 is 10.1 Å². The zero-order valence-corrected chi connectivity index (χ0v) is 10.1. The first kappa shape index (κ1) is 13.1. The van der Waals surface area contributed by atoms with Crippen LogP contribution in [0.4, 0.5) is 18.9 Å². The maximum Gasteiger partial charge on any atom is 0.573 e. The van der Waals surface area contributed by atoms with Gasteiger partial charge in [-0.1, -0.05) is 6.92 Å². The van der Waals surface area contributed by atoms with E-state index in [4.69, 9.17) is 0 Å². The summed E-state index contributed by atoms with van der Waals surface area (Å²) in [7, 11) is 0. The third-order valence-electron chi connectivity index (χ3n) is 3.15. The van der Waals surface area contributed by atoms with Gasteiger partial charge in [-0.15, -0.1) is 13.2 Å². The number of benzene rings is 1. The highest BCUT2D eigenvalue weighted by atomic mass is 19.4. The van der Waals surface area contributed by atoms with Gasteiger partial charge in [0.2, 0.25) is 0 Å². The molecule has 2 atom stereocenters. The molecular formula is C13H16F3NO. The molecule has 0 aromatic heterocycles. The third kappa shape index (κ3) is 3.82. The van der Waals surface area contributed by atoms with Crippen LogP contribution in [0.25, 0.3) is 0 Å². The highest BCUT2D eigenvalue weighted by molar-refractivity contribution is 5.47. The van der Waals surface area contributed by atoms with E-state index in [2.05, 4.69) is 17.0 Å². The number of halogens is 3. The van der Waals surface area contributed by atoms with Crippen LogP contribution in [0.2, 0.25) is 0 Å². The molecule has 0 aliphatic heterocycles. The van der Waals surface area contributed by atoms with Gasteiger partial charge >= 0.3 is 6.36 Å². The van der Waals surface area contributed by atoms with Crippen molar-refractivity contribution in [1.29, 1.82) is 0 Å². The molecule has 1 aromatic rings. The summed E-state index contributed by atoms with van der Waals surface area (Å²) in [6.45, 7) is 2.21. The Kier molecular flexibility index (Phi) is 3.68. The zero-order valence-electron chi connectivity index (χ0n) is 10.1. The van der Waals surface area contributed by atoms with Crippen LogP contribution >= 0.6 is 0 Å². The fourth-order valence-corrected chi connectivity index (χ4v) is 2.33. The maximum absolute atomic E-state index is 12.0. The van der Waals surface area contributed by atoms with Crippen LogP contribution in [0, 0.1) is 5.92 Å². The first-order valence-electron chi connectivity index (χ1n) is 6.05. The first-order valence-corrected chi connectivity index (χ1v) is 6.05. The Labute approximate surface area is 104 Å². The zero-order chi connectivity index (χ0) is 13.2. The van der Waals surface area contributed by atoms with E-state index in [1.165, 1.54) is 18.6 Å². The van der Waals surface area contributed by atoms with Gasteiger partial charge in [-0.05, 0) is 49.4 Å². The number of hydrogen-bond acceptors (Lipinski definition) is 2. The van der Waals surface area contributed by atoms with Gasteiger partial charge in [-0.2, -0.15) is 0 Å². The average Bonchev–Trinajstić information content (AvgIpc) is 2.65. The smallest absolute Gasteiger partial charge is 0.406 e. The van der Waals surface area contributed by atoms with E-state index in [0.717, 1.165) is 24.4 Å². The van der Waals surface area contributed by atoms with Crippen molar-refractivity contribution in [1.82, 2.24) is 0 Å². The Morgan fingerprint density at radius 1 is 1.17 bits per heavy atom. The van der Waals surface area contributed by atoms with Gasteiger partial charge in [-0.25, -0.2) is 0 Å². The fraction of sp³-hybridized carbons (Fsp3) is 0.538. The molecule has 2 unspecified atom stereocenters. The van der Waals surface area contributed by atoms with Gasteiger partial charge in [0.15, 0.2) is 0 Å². The van der Waals surface area contributed by atoms with Crippen molar-refractivity contribution in [3.63, 3.8) is 0 Å². The molecule has 5 heteroatoms. The number of alkyl halides is 3. The number of hydrogen-bond donors (Lipinski definition) is 1. The van der Waals surface area contributed by atoms with Crippen molar-refractivity contribution in [3.05, 3.63) is 24.3 Å². The summed E-state index contributed by atoms with van der Waals surface area (Å²) in [4.78, 5) is 0. The molecule has 0 saturated heterocycles. The van der Waals surface area contributed by atoms with Crippen molar-refractivity contribution in [3.8, 4) is 5.75 Å². The summed E-state index contributed by atoms with van der Waals surface area (Å²) in [6, 6.07) is 6.31. The molecule has 1 aliphatic carbocycles. The van der Waals surface area contributed by atoms with Crippen LogP contribution in [0.5, 0.6) is 5.75 Å². The van der Waals surface area contributed by atoms with Gasteiger partial charge in [0, 0.05) is 11.7 Å². The first-order chi connectivity index (χ1) is 8.42. The van der Waals surface area contributed by atoms with Crippen LogP contribution in [0.3, 0.4) is 0 Å². The predicted octanol–water partition coefficient (Wildman–Crippen LogP) is 4.19. The number of ether oxygens (including phenoxy) is 1. The monoisotopic (exact) mass is 259 g/mol. The molecule has 0 heterocycles. The lowest BCUT2D eigenvalue weighted by Gasteiger charge is -2.15. The van der Waals surface area contributed by atoms with Crippen LogP contribution in [0.1, 0.15) is 26.2 Å². The van der Waals surface area contributed by atoms with Crippen molar-refractivity contribution in [2.24, 2.45) is 5.92 Å². The number of rotatable bonds is 3. The van der Waals surface area contributed by atoms with Crippen molar-refractivity contribution >= 4 is 5.69 Å². The van der Waals surface area contributed by atoms with E-state index in [1.54, 1.807) is 12.1 Å². The quantitative estimate of drug-likeness (QED) is 0.879. The van der Waals surface area contributed by atoms with Gasteiger partial charge in [0.25, 0.3) is 0 Å². The Balaban J connectivity index is 1.91. The van der Waals surface area contributed by atoms with Crippen LogP contribution in [-0.2, 0) is 0 Å². The molecule has 0 spiro atoms. The topological polar surface area (TPSA) is 21.3 Å². The van der Waals surface area contributed by atoms with Gasteiger partial charge in [0.05, 0.1) is 0 Å². The van der Waals surface area contributed by atoms with Crippen LogP contribution in [-0.4, -0.2) is 12.4 Å². The maximum atomic E-state index is 12.0. The van der Waals surface area contributed by atoms with E-state index in [9.17, 15) is 13.2 Å². The molecule has 1 aromatic carbocycles. The highest BCUT2D eigenvalue weighted by Crippen LogP contribution is 2.29. The van der Waals surface area contributed by atoms with Crippen molar-refractivity contribution < 1.29 is 17.9 Å². The highest BCUT2D eigenvalue weighted by Gasteiger charge is 2.31. The number of anilines is 1. The largest absolute Gasteiger partial charge is 0.573 e. The average molecular weight is 259 g/mol. The summed E-state index contributed by atoms with van der Waals surface area (Å²) >= 11 is 0. The second-order valence-corrected chi connectivity index (χ2v) is 4.83.